The number of fused-ring (bicyclic) bond motifs is 1. The quantitative estimate of drug-likeness (QED) is 0.657. The Morgan fingerprint density at radius 3 is 2.53 bits per heavy atom. The van der Waals surface area contributed by atoms with Gasteiger partial charge in [-0.2, -0.15) is 0 Å². The van der Waals surface area contributed by atoms with E-state index in [0.29, 0.717) is 0 Å². The lowest BCUT2D eigenvalue weighted by molar-refractivity contribution is 0.293. The number of benzene rings is 1. The van der Waals surface area contributed by atoms with Gasteiger partial charge in [-0.15, -0.1) is 11.6 Å². The predicted octanol–water partition coefficient (Wildman–Crippen LogP) is 5.63. The molecule has 0 radical (unpaired) electrons. The molecule has 2 nitrogen and oxygen atoms in total. The molecule has 0 saturated carbocycles. The molecule has 1 aromatic carbocycles. The van der Waals surface area contributed by atoms with Crippen LogP contribution in [0.3, 0.4) is 0 Å². The van der Waals surface area contributed by atoms with Crippen molar-refractivity contribution in [1.82, 2.24) is 9.55 Å². The van der Waals surface area contributed by atoms with E-state index in [4.69, 9.17) is 16.6 Å². The van der Waals surface area contributed by atoms with Gasteiger partial charge in [-0.05, 0) is 44.9 Å². The van der Waals surface area contributed by atoms with Crippen molar-refractivity contribution in [2.24, 2.45) is 0 Å². The summed E-state index contributed by atoms with van der Waals surface area (Å²) >= 11 is 9.89. The number of imidazole rings is 1. The van der Waals surface area contributed by atoms with Crippen molar-refractivity contribution in [2.45, 2.75) is 51.5 Å². The molecule has 0 aliphatic rings. The predicted molar refractivity (Wildman–Crippen MR) is 85.9 cm³/mol. The Morgan fingerprint density at radius 1 is 1.37 bits per heavy atom. The van der Waals surface area contributed by atoms with Gasteiger partial charge < -0.3 is 4.57 Å². The average Bonchev–Trinajstić information content (AvgIpc) is 2.77. The van der Waals surface area contributed by atoms with Crippen molar-refractivity contribution in [1.29, 1.82) is 0 Å². The van der Waals surface area contributed by atoms with Gasteiger partial charge in [0.2, 0.25) is 0 Å². The smallest absolute Gasteiger partial charge is 0.128 e. The maximum Gasteiger partial charge on any atom is 0.128 e. The maximum absolute atomic E-state index is 6.34. The van der Waals surface area contributed by atoms with Crippen molar-refractivity contribution in [3.63, 3.8) is 0 Å². The van der Waals surface area contributed by atoms with Gasteiger partial charge in [0.25, 0.3) is 0 Å². The van der Waals surface area contributed by atoms with E-state index in [0.717, 1.165) is 34.2 Å². The van der Waals surface area contributed by atoms with Gasteiger partial charge in [0, 0.05) is 10.0 Å². The zero-order chi connectivity index (χ0) is 14.2. The van der Waals surface area contributed by atoms with Gasteiger partial charge in [-0.1, -0.05) is 29.8 Å². The van der Waals surface area contributed by atoms with Crippen molar-refractivity contribution in [3.8, 4) is 0 Å². The Labute approximate surface area is 128 Å². The number of nitrogens with zero attached hydrogens (tertiary/aromatic N) is 2. The van der Waals surface area contributed by atoms with Crippen LogP contribution in [-0.4, -0.2) is 9.55 Å². The van der Waals surface area contributed by atoms with E-state index in [9.17, 15) is 0 Å². The van der Waals surface area contributed by atoms with E-state index in [1.165, 1.54) is 0 Å². The summed E-state index contributed by atoms with van der Waals surface area (Å²) in [4.78, 5) is 4.73. The molecule has 0 aliphatic heterocycles. The standard InChI is InChI=1S/C15H20BrClN2/c1-5-15(4,6-2)19-13-9-11(16)7-8-12(13)18-14(19)10(3)17/h7-10H,5-6H2,1-4H3. The molecule has 2 aromatic rings. The van der Waals surface area contributed by atoms with Crippen LogP contribution < -0.4 is 0 Å². The Hall–Kier alpha value is -0.540. The van der Waals surface area contributed by atoms with Gasteiger partial charge in [-0.3, -0.25) is 0 Å². The van der Waals surface area contributed by atoms with Crippen molar-refractivity contribution in [2.75, 3.05) is 0 Å². The molecule has 0 amide bonds. The van der Waals surface area contributed by atoms with Crippen molar-refractivity contribution in [3.05, 3.63) is 28.5 Å². The molecule has 1 aromatic heterocycles. The van der Waals surface area contributed by atoms with Crippen LogP contribution in [0.1, 0.15) is 51.7 Å². The molecule has 1 unspecified atom stereocenters. The number of hydrogen-bond donors (Lipinski definition) is 0. The van der Waals surface area contributed by atoms with Crippen molar-refractivity contribution >= 4 is 38.6 Å². The van der Waals surface area contributed by atoms with Crippen LogP contribution in [0.5, 0.6) is 0 Å². The lowest BCUT2D eigenvalue weighted by Gasteiger charge is -2.32. The Bertz CT molecular complexity index is 585. The highest BCUT2D eigenvalue weighted by atomic mass is 79.9. The summed E-state index contributed by atoms with van der Waals surface area (Å²) < 4.78 is 3.40. The van der Waals surface area contributed by atoms with E-state index in [2.05, 4.69) is 47.3 Å². The zero-order valence-electron chi connectivity index (χ0n) is 11.9. The molecule has 2 rings (SSSR count). The number of halogens is 2. The summed E-state index contributed by atoms with van der Waals surface area (Å²) in [5.41, 5.74) is 2.22. The molecule has 19 heavy (non-hydrogen) atoms. The minimum Gasteiger partial charge on any atom is -0.321 e. The third-order valence-corrected chi connectivity index (χ3v) is 4.75. The third kappa shape index (κ3) is 2.55. The molecular weight excluding hydrogens is 324 g/mol. The Morgan fingerprint density at radius 2 is 2.00 bits per heavy atom. The van der Waals surface area contributed by atoms with Crippen LogP contribution in [0.4, 0.5) is 0 Å². The van der Waals surface area contributed by atoms with Gasteiger partial charge in [0.15, 0.2) is 0 Å². The molecule has 0 fully saturated rings. The Balaban J connectivity index is 2.81. The van der Waals surface area contributed by atoms with Crippen LogP contribution in [0.2, 0.25) is 0 Å². The fourth-order valence-corrected chi connectivity index (χ4v) is 2.96. The van der Waals surface area contributed by atoms with Crippen molar-refractivity contribution < 1.29 is 0 Å². The van der Waals surface area contributed by atoms with Gasteiger partial charge >= 0.3 is 0 Å². The molecule has 1 heterocycles. The van der Waals surface area contributed by atoms with Crippen LogP contribution >= 0.6 is 27.5 Å². The highest BCUT2D eigenvalue weighted by Crippen LogP contribution is 2.35. The normalized spacial score (nSPS) is 14.0. The molecule has 0 bridgehead atoms. The van der Waals surface area contributed by atoms with Crippen LogP contribution in [0, 0.1) is 0 Å². The highest BCUT2D eigenvalue weighted by molar-refractivity contribution is 9.10. The van der Waals surface area contributed by atoms with E-state index in [1.54, 1.807) is 0 Å². The zero-order valence-corrected chi connectivity index (χ0v) is 14.2. The number of aromatic nitrogens is 2. The van der Waals surface area contributed by atoms with Gasteiger partial charge in [-0.25, -0.2) is 4.98 Å². The molecule has 1 atom stereocenters. The SMILES string of the molecule is CCC(C)(CC)n1c(C(C)Cl)nc2ccc(Br)cc21. The second-order valence-electron chi connectivity index (χ2n) is 5.26. The number of rotatable bonds is 4. The maximum atomic E-state index is 6.34. The van der Waals surface area contributed by atoms with Crippen LogP contribution in [0.15, 0.2) is 22.7 Å². The first-order chi connectivity index (χ1) is 8.92. The third-order valence-electron chi connectivity index (χ3n) is 4.06. The van der Waals surface area contributed by atoms with Gasteiger partial charge in [0.05, 0.1) is 16.4 Å². The summed E-state index contributed by atoms with van der Waals surface area (Å²) in [5.74, 6) is 0.959. The van der Waals surface area contributed by atoms with Crippen LogP contribution in [0.25, 0.3) is 11.0 Å². The van der Waals surface area contributed by atoms with Crippen LogP contribution in [-0.2, 0) is 5.54 Å². The summed E-state index contributed by atoms with van der Waals surface area (Å²) in [5, 5.41) is -0.0939. The molecule has 104 valence electrons. The second kappa shape index (κ2) is 5.45. The monoisotopic (exact) mass is 342 g/mol. The molecular formula is C15H20BrClN2. The molecule has 0 N–H and O–H groups in total. The van der Waals surface area contributed by atoms with E-state index < -0.39 is 0 Å². The first-order valence-electron chi connectivity index (χ1n) is 6.75. The lowest BCUT2D eigenvalue weighted by atomic mass is 9.94. The molecule has 0 spiro atoms. The largest absolute Gasteiger partial charge is 0.321 e. The summed E-state index contributed by atoms with van der Waals surface area (Å²) in [6.07, 6.45) is 2.11. The summed E-state index contributed by atoms with van der Waals surface area (Å²) in [6.45, 7) is 8.70. The van der Waals surface area contributed by atoms with E-state index in [1.807, 2.05) is 19.1 Å². The molecule has 0 saturated heterocycles. The van der Waals surface area contributed by atoms with E-state index >= 15 is 0 Å². The highest BCUT2D eigenvalue weighted by Gasteiger charge is 2.28. The summed E-state index contributed by atoms with van der Waals surface area (Å²) in [7, 11) is 0. The number of alkyl halides is 1. The van der Waals surface area contributed by atoms with E-state index in [-0.39, 0.29) is 10.9 Å². The Kier molecular flexibility index (Phi) is 4.26. The molecule has 0 aliphatic carbocycles. The summed E-state index contributed by atoms with van der Waals surface area (Å²) in [6, 6.07) is 6.21. The van der Waals surface area contributed by atoms with Gasteiger partial charge in [0.1, 0.15) is 5.82 Å². The fraction of sp³-hybridized carbons (Fsp3) is 0.533. The first kappa shape index (κ1) is 14.9. The molecule has 4 heteroatoms. The average molecular weight is 344 g/mol. The lowest BCUT2D eigenvalue weighted by Crippen LogP contribution is -2.30. The minimum absolute atomic E-state index is 0.0496. The topological polar surface area (TPSA) is 17.8 Å². The first-order valence-corrected chi connectivity index (χ1v) is 7.98. The fourth-order valence-electron chi connectivity index (χ4n) is 2.47. The minimum atomic E-state index is -0.0939. The number of hydrogen-bond acceptors (Lipinski definition) is 1. The second-order valence-corrected chi connectivity index (χ2v) is 6.83.